The van der Waals surface area contributed by atoms with Gasteiger partial charge in [-0.1, -0.05) is 61.8 Å². The maximum Gasteiger partial charge on any atom is 0.0775 e. The summed E-state index contributed by atoms with van der Waals surface area (Å²) in [7, 11) is -1.17. The molecule has 1 rings (SSSR count). The number of benzene rings is 1. The van der Waals surface area contributed by atoms with Crippen LogP contribution in [0.2, 0.25) is 19.6 Å². The molecule has 17 heavy (non-hydrogen) atoms. The maximum absolute atomic E-state index is 3.22. The average molecular weight is 242 g/mol. The second kappa shape index (κ2) is 5.89. The lowest BCUT2D eigenvalue weighted by Crippen LogP contribution is -2.37. The zero-order chi connectivity index (χ0) is 12.9. The summed E-state index contributed by atoms with van der Waals surface area (Å²) >= 11 is 0. The molecular weight excluding hydrogens is 220 g/mol. The first-order valence-corrected chi connectivity index (χ1v) is 9.75. The highest BCUT2D eigenvalue weighted by Crippen LogP contribution is 2.04. The molecule has 0 nitrogen and oxygen atoms in total. The van der Waals surface area contributed by atoms with Crippen LogP contribution in [0.3, 0.4) is 0 Å². The van der Waals surface area contributed by atoms with Crippen molar-refractivity contribution < 1.29 is 0 Å². The highest BCUT2D eigenvalue weighted by molar-refractivity contribution is 6.88. The van der Waals surface area contributed by atoms with E-state index in [0.29, 0.717) is 0 Å². The smallest absolute Gasteiger partial charge is 0.0761 e. The molecule has 0 aliphatic heterocycles. The van der Waals surface area contributed by atoms with E-state index >= 15 is 0 Å². The van der Waals surface area contributed by atoms with Crippen LogP contribution in [0.15, 0.2) is 35.9 Å². The quantitative estimate of drug-likeness (QED) is 0.544. The Morgan fingerprint density at radius 2 is 1.76 bits per heavy atom. The van der Waals surface area contributed by atoms with Crippen molar-refractivity contribution in [1.29, 1.82) is 0 Å². The molecular formula is C16H22Si. The molecule has 90 valence electrons. The van der Waals surface area contributed by atoms with Crippen LogP contribution >= 0.6 is 0 Å². The zero-order valence-electron chi connectivity index (χ0n) is 11.6. The summed E-state index contributed by atoms with van der Waals surface area (Å²) in [6, 6.07) is 8.75. The van der Waals surface area contributed by atoms with Crippen molar-refractivity contribution in [3.63, 3.8) is 0 Å². The number of rotatable bonds is 2. The Bertz CT molecular complexity index is 447. The van der Waals surface area contributed by atoms with Crippen LogP contribution in [-0.4, -0.2) is 8.07 Å². The summed E-state index contributed by atoms with van der Waals surface area (Å²) < 4.78 is 0. The lowest BCUT2D eigenvalue weighted by molar-refractivity contribution is 1.16. The third kappa shape index (κ3) is 4.24. The van der Waals surface area contributed by atoms with Gasteiger partial charge in [-0.2, -0.15) is 0 Å². The van der Waals surface area contributed by atoms with Crippen molar-refractivity contribution >= 4 is 13.3 Å². The number of hydrogen-bond acceptors (Lipinski definition) is 0. The van der Waals surface area contributed by atoms with Crippen LogP contribution in [0, 0.1) is 11.8 Å². The molecule has 0 saturated heterocycles. The van der Waals surface area contributed by atoms with E-state index in [1.165, 1.54) is 10.8 Å². The van der Waals surface area contributed by atoms with Gasteiger partial charge < -0.3 is 0 Å². The molecule has 0 atom stereocenters. The van der Waals surface area contributed by atoms with Crippen molar-refractivity contribution in [2.24, 2.45) is 0 Å². The van der Waals surface area contributed by atoms with Crippen LogP contribution in [0.1, 0.15) is 25.8 Å². The van der Waals surface area contributed by atoms with Gasteiger partial charge in [-0.25, -0.2) is 0 Å². The van der Waals surface area contributed by atoms with E-state index < -0.39 is 8.07 Å². The summed E-state index contributed by atoms with van der Waals surface area (Å²) in [4.78, 5) is 0. The van der Waals surface area contributed by atoms with E-state index in [9.17, 15) is 0 Å². The highest BCUT2D eigenvalue weighted by atomic mass is 28.3. The van der Waals surface area contributed by atoms with Gasteiger partial charge in [0.25, 0.3) is 0 Å². The second-order valence-corrected chi connectivity index (χ2v) is 10.3. The van der Waals surface area contributed by atoms with Gasteiger partial charge in [-0.15, -0.1) is 0 Å². The normalized spacial score (nSPS) is 11.9. The topological polar surface area (TPSA) is 0 Å². The predicted octanol–water partition coefficient (Wildman–Crippen LogP) is 3.94. The lowest BCUT2D eigenvalue weighted by Gasteiger charge is -2.15. The van der Waals surface area contributed by atoms with Gasteiger partial charge in [-0.05, 0) is 31.1 Å². The predicted molar refractivity (Wildman–Crippen MR) is 80.3 cm³/mol. The second-order valence-electron chi connectivity index (χ2n) is 5.24. The molecule has 0 unspecified atom stereocenters. The molecule has 0 aromatic heterocycles. The van der Waals surface area contributed by atoms with Crippen molar-refractivity contribution in [2.75, 3.05) is 0 Å². The van der Waals surface area contributed by atoms with Gasteiger partial charge in [0.1, 0.15) is 0 Å². The van der Waals surface area contributed by atoms with Gasteiger partial charge >= 0.3 is 0 Å². The Morgan fingerprint density at radius 1 is 1.18 bits per heavy atom. The Kier molecular flexibility index (Phi) is 4.78. The van der Waals surface area contributed by atoms with Crippen LogP contribution in [-0.2, 0) is 0 Å². The first-order chi connectivity index (χ1) is 7.97. The molecule has 1 aromatic carbocycles. The van der Waals surface area contributed by atoms with E-state index in [-0.39, 0.29) is 0 Å². The Hall–Kier alpha value is -1.26. The van der Waals surface area contributed by atoms with Gasteiger partial charge in [0, 0.05) is 5.56 Å². The Morgan fingerprint density at radius 3 is 2.18 bits per heavy atom. The molecule has 0 aliphatic carbocycles. The monoisotopic (exact) mass is 242 g/mol. The maximum atomic E-state index is 3.22. The molecule has 1 heteroatoms. The summed E-state index contributed by atoms with van der Waals surface area (Å²) in [5, 5.41) is 1.49. The standard InChI is InChI=1S/C16H22Si/c1-6-14(7-2)8-9-15-10-12-16(13-11-15)17(3,4)5/h6,10-13H,7H2,1-5H3/b14-6+. The lowest BCUT2D eigenvalue weighted by atomic mass is 10.1. The molecule has 0 heterocycles. The molecule has 0 spiro atoms. The Labute approximate surface area is 107 Å². The number of allylic oxidation sites excluding steroid dienone is 2. The van der Waals surface area contributed by atoms with Crippen molar-refractivity contribution in [1.82, 2.24) is 0 Å². The minimum Gasteiger partial charge on any atom is -0.0761 e. The average Bonchev–Trinajstić information content (AvgIpc) is 2.30. The fourth-order valence-corrected chi connectivity index (χ4v) is 2.74. The fraction of sp³-hybridized carbons (Fsp3) is 0.375. The molecule has 0 bridgehead atoms. The Balaban J connectivity index is 2.89. The first kappa shape index (κ1) is 13.8. The van der Waals surface area contributed by atoms with E-state index in [1.807, 2.05) is 6.92 Å². The summed E-state index contributed by atoms with van der Waals surface area (Å²) in [5.74, 6) is 6.44. The summed E-state index contributed by atoms with van der Waals surface area (Å²) in [6.45, 7) is 11.3. The van der Waals surface area contributed by atoms with E-state index in [1.54, 1.807) is 0 Å². The minimum atomic E-state index is -1.17. The van der Waals surface area contributed by atoms with Crippen LogP contribution in [0.4, 0.5) is 0 Å². The van der Waals surface area contributed by atoms with Gasteiger partial charge in [0.05, 0.1) is 8.07 Å². The highest BCUT2D eigenvalue weighted by Gasteiger charge is 2.15. The number of hydrogen-bond donors (Lipinski definition) is 0. The largest absolute Gasteiger partial charge is 0.0775 e. The zero-order valence-corrected chi connectivity index (χ0v) is 12.6. The van der Waals surface area contributed by atoms with Crippen molar-refractivity contribution in [2.45, 2.75) is 39.9 Å². The van der Waals surface area contributed by atoms with E-state index in [4.69, 9.17) is 0 Å². The summed E-state index contributed by atoms with van der Waals surface area (Å²) in [5.41, 5.74) is 2.32. The third-order valence-electron chi connectivity index (χ3n) is 2.85. The van der Waals surface area contributed by atoms with E-state index in [2.05, 4.69) is 68.7 Å². The molecule has 0 amide bonds. The van der Waals surface area contributed by atoms with Crippen LogP contribution in [0.25, 0.3) is 0 Å². The molecule has 0 saturated carbocycles. The fourth-order valence-electron chi connectivity index (χ4n) is 1.57. The molecule has 0 N–H and O–H groups in total. The molecule has 0 fully saturated rings. The SMILES string of the molecule is C/C=C(/C#Cc1ccc([Si](C)(C)C)cc1)CC. The van der Waals surface area contributed by atoms with Gasteiger partial charge in [0.15, 0.2) is 0 Å². The van der Waals surface area contributed by atoms with Crippen molar-refractivity contribution in [3.8, 4) is 11.8 Å². The van der Waals surface area contributed by atoms with Gasteiger partial charge in [-0.3, -0.25) is 0 Å². The first-order valence-electron chi connectivity index (χ1n) is 6.25. The van der Waals surface area contributed by atoms with E-state index in [0.717, 1.165) is 12.0 Å². The van der Waals surface area contributed by atoms with Crippen LogP contribution < -0.4 is 5.19 Å². The van der Waals surface area contributed by atoms with Crippen molar-refractivity contribution in [3.05, 3.63) is 41.5 Å². The molecule has 0 radical (unpaired) electrons. The summed E-state index contributed by atoms with van der Waals surface area (Å²) in [6.07, 6.45) is 3.10. The molecule has 0 aliphatic rings. The molecule has 1 aromatic rings. The van der Waals surface area contributed by atoms with Crippen LogP contribution in [0.5, 0.6) is 0 Å². The minimum absolute atomic E-state index is 1.01. The van der Waals surface area contributed by atoms with Gasteiger partial charge in [0.2, 0.25) is 0 Å². The third-order valence-corrected chi connectivity index (χ3v) is 4.91.